The molecule has 1 aromatic heterocycles. The third kappa shape index (κ3) is 4.30. The summed E-state index contributed by atoms with van der Waals surface area (Å²) in [7, 11) is 2.92. The number of halogens is 2. The van der Waals surface area contributed by atoms with Crippen LogP contribution in [0.4, 0.5) is 5.82 Å². The van der Waals surface area contributed by atoms with Crippen LogP contribution in [0.2, 0.25) is 10.0 Å². The van der Waals surface area contributed by atoms with Crippen molar-refractivity contribution in [3.05, 3.63) is 69.7 Å². The fourth-order valence-corrected chi connectivity index (χ4v) is 3.03. The molecule has 0 bridgehead atoms. The van der Waals surface area contributed by atoms with Crippen molar-refractivity contribution in [1.29, 1.82) is 0 Å². The largest absolute Gasteiger partial charge is 0.497 e. The number of esters is 1. The third-order valence-electron chi connectivity index (χ3n) is 3.99. The summed E-state index contributed by atoms with van der Waals surface area (Å²) in [4.78, 5) is 15.3. The van der Waals surface area contributed by atoms with Crippen molar-refractivity contribution in [3.8, 4) is 17.0 Å². The number of benzene rings is 2. The highest BCUT2D eigenvalue weighted by Crippen LogP contribution is 2.28. The minimum Gasteiger partial charge on any atom is -0.497 e. The van der Waals surface area contributed by atoms with Gasteiger partial charge in [-0.3, -0.25) is 5.43 Å². The molecular weight excluding hydrogens is 401 g/mol. The van der Waals surface area contributed by atoms with Crippen LogP contribution in [0, 0.1) is 0 Å². The van der Waals surface area contributed by atoms with Crippen LogP contribution in [-0.2, 0) is 4.74 Å². The molecule has 0 aliphatic carbocycles. The van der Waals surface area contributed by atoms with E-state index in [2.05, 4.69) is 15.5 Å². The number of hydrogen-bond acceptors (Lipinski definition) is 5. The summed E-state index contributed by atoms with van der Waals surface area (Å²) in [6, 6.07) is 14.3. The van der Waals surface area contributed by atoms with Crippen LogP contribution in [0.5, 0.6) is 5.75 Å². The number of aromatic amines is 1. The molecule has 2 N–H and O–H groups in total. The second kappa shape index (κ2) is 8.82. The smallest absolute Gasteiger partial charge is 0.341 e. The van der Waals surface area contributed by atoms with Crippen molar-refractivity contribution >= 4 is 41.2 Å². The lowest BCUT2D eigenvalue weighted by atomic mass is 10.1. The zero-order chi connectivity index (χ0) is 20.1. The highest BCUT2D eigenvalue weighted by Gasteiger charge is 2.17. The van der Waals surface area contributed by atoms with Gasteiger partial charge >= 0.3 is 5.97 Å². The van der Waals surface area contributed by atoms with Crippen LogP contribution < -0.4 is 10.2 Å². The molecule has 0 unspecified atom stereocenters. The van der Waals surface area contributed by atoms with E-state index >= 15 is 0 Å². The Balaban J connectivity index is 1.89. The molecule has 2 aromatic carbocycles. The summed E-state index contributed by atoms with van der Waals surface area (Å²) in [5.74, 6) is 0.629. The molecule has 144 valence electrons. The Morgan fingerprint density at radius 2 is 1.79 bits per heavy atom. The first kappa shape index (κ1) is 19.8. The molecule has 0 spiro atoms. The van der Waals surface area contributed by atoms with E-state index in [0.29, 0.717) is 27.0 Å². The van der Waals surface area contributed by atoms with E-state index in [4.69, 9.17) is 32.7 Å². The van der Waals surface area contributed by atoms with Gasteiger partial charge in [-0.05, 0) is 48.0 Å². The summed E-state index contributed by atoms with van der Waals surface area (Å²) in [5, 5.41) is 5.08. The van der Waals surface area contributed by atoms with E-state index in [1.165, 1.54) is 13.3 Å². The van der Waals surface area contributed by atoms with Gasteiger partial charge in [-0.15, -0.1) is 0 Å². The molecule has 8 heteroatoms. The fourth-order valence-electron chi connectivity index (χ4n) is 2.54. The molecule has 28 heavy (non-hydrogen) atoms. The molecule has 1 heterocycles. The summed E-state index contributed by atoms with van der Waals surface area (Å²) in [6.45, 7) is 0. The lowest BCUT2D eigenvalue weighted by Crippen LogP contribution is -2.03. The number of carbonyl (C=O) groups excluding carboxylic acids is 1. The summed E-state index contributed by atoms with van der Waals surface area (Å²) in [5.41, 5.74) is 5.29. The summed E-state index contributed by atoms with van der Waals surface area (Å²) >= 11 is 12.3. The Morgan fingerprint density at radius 3 is 2.39 bits per heavy atom. The summed E-state index contributed by atoms with van der Waals surface area (Å²) in [6.07, 6.45) is 1.49. The minimum atomic E-state index is -0.496. The monoisotopic (exact) mass is 417 g/mol. The van der Waals surface area contributed by atoms with E-state index in [-0.39, 0.29) is 0 Å². The molecule has 3 rings (SSSR count). The van der Waals surface area contributed by atoms with Gasteiger partial charge in [-0.2, -0.15) is 5.10 Å². The molecule has 0 aliphatic heterocycles. The first-order valence-corrected chi connectivity index (χ1v) is 8.98. The van der Waals surface area contributed by atoms with Crippen molar-refractivity contribution in [2.45, 2.75) is 0 Å². The zero-order valence-electron chi connectivity index (χ0n) is 15.1. The molecule has 0 aliphatic rings. The van der Waals surface area contributed by atoms with E-state index in [0.717, 1.165) is 17.0 Å². The number of carbonyl (C=O) groups is 1. The SMILES string of the molecule is COC(=O)c1cc(-c2ccc(OC)cc2)[nH]c1N/N=C/c1c(Cl)cccc1Cl. The number of hydrogen-bond donors (Lipinski definition) is 2. The van der Waals surface area contributed by atoms with E-state index in [1.54, 1.807) is 31.4 Å². The van der Waals surface area contributed by atoms with E-state index in [1.807, 2.05) is 24.3 Å². The number of nitrogens with zero attached hydrogens (tertiary/aromatic N) is 1. The summed E-state index contributed by atoms with van der Waals surface area (Å²) < 4.78 is 10.0. The third-order valence-corrected chi connectivity index (χ3v) is 4.65. The first-order valence-electron chi connectivity index (χ1n) is 8.22. The lowest BCUT2D eigenvalue weighted by molar-refractivity contribution is 0.0602. The van der Waals surface area contributed by atoms with Crippen LogP contribution in [0.1, 0.15) is 15.9 Å². The number of hydrazone groups is 1. The number of aromatic nitrogens is 1. The van der Waals surface area contributed by atoms with Gasteiger partial charge in [-0.25, -0.2) is 4.79 Å². The zero-order valence-corrected chi connectivity index (χ0v) is 16.6. The van der Waals surface area contributed by atoms with Crippen LogP contribution in [0.25, 0.3) is 11.3 Å². The normalized spacial score (nSPS) is 10.9. The standard InChI is InChI=1S/C20H17Cl2N3O3/c1-27-13-8-6-12(7-9-13)18-10-14(20(26)28-2)19(24-18)25-23-11-15-16(21)4-3-5-17(15)22/h3-11,24-25H,1-2H3/b23-11+. The Labute approximate surface area is 172 Å². The average molecular weight is 418 g/mol. The Hall–Kier alpha value is -2.96. The van der Waals surface area contributed by atoms with Crippen LogP contribution >= 0.6 is 23.2 Å². The van der Waals surface area contributed by atoms with Crippen molar-refractivity contribution in [1.82, 2.24) is 4.98 Å². The van der Waals surface area contributed by atoms with Gasteiger partial charge in [0.25, 0.3) is 0 Å². The Bertz CT molecular complexity index is 994. The van der Waals surface area contributed by atoms with Crippen LogP contribution in [-0.4, -0.2) is 31.4 Å². The molecule has 0 atom stereocenters. The quantitative estimate of drug-likeness (QED) is 0.327. The maximum absolute atomic E-state index is 12.1. The van der Waals surface area contributed by atoms with Crippen molar-refractivity contribution < 1.29 is 14.3 Å². The highest BCUT2D eigenvalue weighted by molar-refractivity contribution is 6.38. The molecule has 3 aromatic rings. The second-order valence-electron chi connectivity index (χ2n) is 5.70. The predicted molar refractivity (Wildman–Crippen MR) is 112 cm³/mol. The van der Waals surface area contributed by atoms with E-state index < -0.39 is 5.97 Å². The number of rotatable bonds is 6. The number of H-pyrrole nitrogens is 1. The van der Waals surface area contributed by atoms with Crippen LogP contribution in [0.3, 0.4) is 0 Å². The first-order chi connectivity index (χ1) is 13.5. The predicted octanol–water partition coefficient (Wildman–Crippen LogP) is 5.23. The number of nitrogens with one attached hydrogen (secondary N) is 2. The maximum atomic E-state index is 12.1. The number of methoxy groups -OCH3 is 2. The topological polar surface area (TPSA) is 75.7 Å². The maximum Gasteiger partial charge on any atom is 0.341 e. The van der Waals surface area contributed by atoms with E-state index in [9.17, 15) is 4.79 Å². The molecule has 0 amide bonds. The van der Waals surface area contributed by atoms with Gasteiger partial charge in [0.1, 0.15) is 17.1 Å². The average Bonchev–Trinajstić information content (AvgIpc) is 3.14. The van der Waals surface area contributed by atoms with Gasteiger partial charge in [-0.1, -0.05) is 29.3 Å². The van der Waals surface area contributed by atoms with Crippen molar-refractivity contribution in [2.24, 2.45) is 5.10 Å². The lowest BCUT2D eigenvalue weighted by Gasteiger charge is -2.03. The Kier molecular flexibility index (Phi) is 6.23. The molecule has 0 saturated heterocycles. The number of anilines is 1. The van der Waals surface area contributed by atoms with Gasteiger partial charge in [0, 0.05) is 11.3 Å². The molecule has 6 nitrogen and oxygen atoms in total. The number of ether oxygens (including phenoxy) is 2. The molecular formula is C20H17Cl2N3O3. The van der Waals surface area contributed by atoms with Gasteiger partial charge < -0.3 is 14.5 Å². The van der Waals surface area contributed by atoms with Crippen molar-refractivity contribution in [2.75, 3.05) is 19.6 Å². The van der Waals surface area contributed by atoms with Crippen molar-refractivity contribution in [3.63, 3.8) is 0 Å². The fraction of sp³-hybridized carbons (Fsp3) is 0.100. The molecule has 0 radical (unpaired) electrons. The second-order valence-corrected chi connectivity index (χ2v) is 6.51. The van der Waals surface area contributed by atoms with Crippen LogP contribution in [0.15, 0.2) is 53.6 Å². The highest BCUT2D eigenvalue weighted by atomic mass is 35.5. The van der Waals surface area contributed by atoms with Gasteiger partial charge in [0.05, 0.1) is 30.5 Å². The minimum absolute atomic E-state index is 0.315. The molecule has 0 saturated carbocycles. The Morgan fingerprint density at radius 1 is 1.11 bits per heavy atom. The van der Waals surface area contributed by atoms with Gasteiger partial charge in [0.2, 0.25) is 0 Å². The van der Waals surface area contributed by atoms with Gasteiger partial charge in [0.15, 0.2) is 0 Å². The molecule has 0 fully saturated rings.